The molecule has 25 heavy (non-hydrogen) atoms. The molecule has 1 aliphatic heterocycles. The third kappa shape index (κ3) is 3.85. The Labute approximate surface area is 149 Å². The average molecular weight is 359 g/mol. The van der Waals surface area contributed by atoms with Crippen molar-refractivity contribution in [3.05, 3.63) is 52.8 Å². The molecular weight excluding hydrogens is 344 g/mol. The van der Waals surface area contributed by atoms with Gasteiger partial charge in [0.25, 0.3) is 0 Å². The Kier molecular flexibility index (Phi) is 5.09. The minimum absolute atomic E-state index is 0.0191. The monoisotopic (exact) mass is 358 g/mol. The van der Waals surface area contributed by atoms with Crippen molar-refractivity contribution < 1.29 is 19.1 Å². The fourth-order valence-corrected chi connectivity index (χ4v) is 2.61. The fraction of sp³-hybridized carbons (Fsp3) is 0.222. The number of halogens is 1. The average Bonchev–Trinajstić information content (AvgIpc) is 2.61. The van der Waals surface area contributed by atoms with Crippen molar-refractivity contribution >= 4 is 34.8 Å². The SMILES string of the molecule is CCOC(=O)c1cc(OCC2=Nc3cnccc3C(=O)C2)ccc1Cl. The Bertz CT molecular complexity index is 864. The number of hydrogen-bond donors (Lipinski definition) is 0. The molecule has 3 rings (SSSR count). The molecule has 6 nitrogen and oxygen atoms in total. The van der Waals surface area contributed by atoms with Gasteiger partial charge in [-0.05, 0) is 31.2 Å². The molecule has 0 bridgehead atoms. The van der Waals surface area contributed by atoms with Crippen LogP contribution in [0.1, 0.15) is 34.1 Å². The number of carbonyl (C=O) groups excluding carboxylic acids is 2. The summed E-state index contributed by atoms with van der Waals surface area (Å²) in [4.78, 5) is 32.4. The Hall–Kier alpha value is -2.73. The Morgan fingerprint density at radius 3 is 2.96 bits per heavy atom. The normalized spacial score (nSPS) is 13.0. The number of nitrogens with zero attached hydrogens (tertiary/aromatic N) is 2. The molecule has 0 saturated heterocycles. The van der Waals surface area contributed by atoms with E-state index in [0.29, 0.717) is 22.7 Å². The summed E-state index contributed by atoms with van der Waals surface area (Å²) in [5.41, 5.74) is 1.94. The fourth-order valence-electron chi connectivity index (χ4n) is 2.41. The van der Waals surface area contributed by atoms with E-state index >= 15 is 0 Å². The van der Waals surface area contributed by atoms with E-state index in [9.17, 15) is 9.59 Å². The summed E-state index contributed by atoms with van der Waals surface area (Å²) in [6, 6.07) is 6.38. The number of carbonyl (C=O) groups is 2. The van der Waals surface area contributed by atoms with E-state index in [-0.39, 0.29) is 36.0 Å². The van der Waals surface area contributed by atoms with Gasteiger partial charge in [-0.15, -0.1) is 0 Å². The second-order valence-corrected chi connectivity index (χ2v) is 5.73. The molecule has 2 aromatic rings. The van der Waals surface area contributed by atoms with E-state index < -0.39 is 5.97 Å². The lowest BCUT2D eigenvalue weighted by molar-refractivity contribution is 0.0526. The van der Waals surface area contributed by atoms with Gasteiger partial charge in [-0.3, -0.25) is 14.8 Å². The topological polar surface area (TPSA) is 77.8 Å². The maximum Gasteiger partial charge on any atom is 0.339 e. The van der Waals surface area contributed by atoms with Crippen molar-refractivity contribution in [2.45, 2.75) is 13.3 Å². The lowest BCUT2D eigenvalue weighted by Gasteiger charge is -2.15. The molecule has 0 fully saturated rings. The van der Waals surface area contributed by atoms with Crippen LogP contribution in [-0.2, 0) is 4.74 Å². The van der Waals surface area contributed by atoms with Crippen molar-refractivity contribution in [3.8, 4) is 5.75 Å². The molecule has 0 saturated carbocycles. The van der Waals surface area contributed by atoms with Crippen LogP contribution in [0.5, 0.6) is 5.75 Å². The van der Waals surface area contributed by atoms with Crippen molar-refractivity contribution in [2.75, 3.05) is 13.2 Å². The highest BCUT2D eigenvalue weighted by molar-refractivity contribution is 6.33. The number of esters is 1. The lowest BCUT2D eigenvalue weighted by atomic mass is 10.0. The van der Waals surface area contributed by atoms with E-state index in [1.165, 1.54) is 6.07 Å². The number of Topliss-reactive ketones (excluding diaryl/α,β-unsaturated/α-hetero) is 1. The van der Waals surface area contributed by atoms with Crippen LogP contribution in [-0.4, -0.2) is 35.7 Å². The van der Waals surface area contributed by atoms with Crippen molar-refractivity contribution in [2.24, 2.45) is 4.99 Å². The first-order chi connectivity index (χ1) is 12.1. The Morgan fingerprint density at radius 2 is 2.16 bits per heavy atom. The third-order valence-electron chi connectivity index (χ3n) is 3.58. The van der Waals surface area contributed by atoms with Gasteiger partial charge in [0.05, 0.1) is 41.2 Å². The largest absolute Gasteiger partial charge is 0.488 e. The zero-order chi connectivity index (χ0) is 17.8. The number of aliphatic imine (C=N–C) groups is 1. The maximum atomic E-state index is 12.1. The van der Waals surface area contributed by atoms with Gasteiger partial charge in [0.15, 0.2) is 5.78 Å². The molecule has 0 N–H and O–H groups in total. The molecule has 1 aliphatic rings. The van der Waals surface area contributed by atoms with Crippen LogP contribution in [0.3, 0.4) is 0 Å². The minimum Gasteiger partial charge on any atom is -0.488 e. The van der Waals surface area contributed by atoms with E-state index in [0.717, 1.165) is 0 Å². The number of fused-ring (bicyclic) bond motifs is 1. The van der Waals surface area contributed by atoms with Crippen LogP contribution in [0.2, 0.25) is 5.02 Å². The molecule has 2 heterocycles. The van der Waals surface area contributed by atoms with Gasteiger partial charge in [0, 0.05) is 11.8 Å². The number of hydrogen-bond acceptors (Lipinski definition) is 6. The highest BCUT2D eigenvalue weighted by Crippen LogP contribution is 2.26. The molecule has 128 valence electrons. The zero-order valence-electron chi connectivity index (χ0n) is 13.5. The molecular formula is C18H15ClN2O4. The molecule has 1 aromatic heterocycles. The summed E-state index contributed by atoms with van der Waals surface area (Å²) >= 11 is 6.02. The van der Waals surface area contributed by atoms with Crippen LogP contribution < -0.4 is 4.74 Å². The second-order valence-electron chi connectivity index (χ2n) is 5.32. The molecule has 1 aromatic carbocycles. The lowest BCUT2D eigenvalue weighted by Crippen LogP contribution is -2.19. The van der Waals surface area contributed by atoms with Crippen molar-refractivity contribution in [1.29, 1.82) is 0 Å². The number of benzene rings is 1. The first-order valence-electron chi connectivity index (χ1n) is 7.71. The first-order valence-corrected chi connectivity index (χ1v) is 8.09. The standard InChI is InChI=1S/C18H15ClN2O4/c1-2-24-18(23)14-8-12(3-4-15(14)19)25-10-11-7-17(22)13-5-6-20-9-16(13)21-11/h3-6,8-9H,2,7,10H2,1H3. The summed E-state index contributed by atoms with van der Waals surface area (Å²) in [5, 5.41) is 0.288. The third-order valence-corrected chi connectivity index (χ3v) is 3.91. The van der Waals surface area contributed by atoms with Crippen molar-refractivity contribution in [1.82, 2.24) is 4.98 Å². The van der Waals surface area contributed by atoms with Gasteiger partial charge in [0.1, 0.15) is 12.4 Å². The number of ether oxygens (including phenoxy) is 2. The number of rotatable bonds is 5. The predicted molar refractivity (Wildman–Crippen MR) is 93.2 cm³/mol. The quantitative estimate of drug-likeness (QED) is 0.762. The Balaban J connectivity index is 1.74. The maximum absolute atomic E-state index is 12.1. The smallest absolute Gasteiger partial charge is 0.339 e. The molecule has 0 aliphatic carbocycles. The zero-order valence-corrected chi connectivity index (χ0v) is 14.2. The minimum atomic E-state index is -0.511. The number of pyridine rings is 1. The molecule has 0 atom stereocenters. The highest BCUT2D eigenvalue weighted by atomic mass is 35.5. The van der Waals surface area contributed by atoms with E-state index in [1.807, 2.05) is 0 Å². The summed E-state index contributed by atoms with van der Waals surface area (Å²) in [6.07, 6.45) is 3.31. The van der Waals surface area contributed by atoms with Crippen LogP contribution >= 0.6 is 11.6 Å². The van der Waals surface area contributed by atoms with Gasteiger partial charge in [-0.1, -0.05) is 11.6 Å². The molecule has 0 spiro atoms. The number of ketones is 1. The van der Waals surface area contributed by atoms with Crippen LogP contribution in [0.15, 0.2) is 41.7 Å². The van der Waals surface area contributed by atoms with Gasteiger partial charge in [0.2, 0.25) is 0 Å². The summed E-state index contributed by atoms with van der Waals surface area (Å²) in [5.74, 6) is -0.0861. The highest BCUT2D eigenvalue weighted by Gasteiger charge is 2.20. The summed E-state index contributed by atoms with van der Waals surface area (Å²) in [7, 11) is 0. The van der Waals surface area contributed by atoms with Gasteiger partial charge in [-0.2, -0.15) is 0 Å². The predicted octanol–water partition coefficient (Wildman–Crippen LogP) is 3.65. The van der Waals surface area contributed by atoms with E-state index in [4.69, 9.17) is 21.1 Å². The van der Waals surface area contributed by atoms with Crippen molar-refractivity contribution in [3.63, 3.8) is 0 Å². The molecule has 0 unspecified atom stereocenters. The summed E-state index contributed by atoms with van der Waals surface area (Å²) < 4.78 is 10.6. The molecule has 0 amide bonds. The molecule has 0 radical (unpaired) electrons. The van der Waals surface area contributed by atoms with Crippen LogP contribution in [0, 0.1) is 0 Å². The Morgan fingerprint density at radius 1 is 1.32 bits per heavy atom. The number of aromatic nitrogens is 1. The first kappa shape index (κ1) is 17.1. The van der Waals surface area contributed by atoms with Crippen LogP contribution in [0.4, 0.5) is 5.69 Å². The van der Waals surface area contributed by atoms with Gasteiger partial charge >= 0.3 is 5.97 Å². The van der Waals surface area contributed by atoms with E-state index in [2.05, 4.69) is 9.98 Å². The van der Waals surface area contributed by atoms with Gasteiger partial charge < -0.3 is 9.47 Å². The molecule has 7 heteroatoms. The summed E-state index contributed by atoms with van der Waals surface area (Å²) in [6.45, 7) is 2.10. The second kappa shape index (κ2) is 7.44. The van der Waals surface area contributed by atoms with Gasteiger partial charge in [-0.25, -0.2) is 4.79 Å². The van der Waals surface area contributed by atoms with Crippen LogP contribution in [0.25, 0.3) is 0 Å². The van der Waals surface area contributed by atoms with E-state index in [1.54, 1.807) is 37.5 Å².